The molecule has 1 fully saturated rings. The SMILES string of the molecule is O=C(Nc1cc(-c2ccco2)ccc1F)N1CCCC1. The molecule has 0 aliphatic carbocycles. The van der Waals surface area contributed by atoms with Crippen LogP contribution in [-0.4, -0.2) is 24.0 Å². The molecule has 0 spiro atoms. The first-order valence-electron chi connectivity index (χ1n) is 6.63. The molecule has 0 atom stereocenters. The maximum atomic E-state index is 13.8. The van der Waals surface area contributed by atoms with Gasteiger partial charge in [-0.3, -0.25) is 0 Å². The Morgan fingerprint density at radius 1 is 1.25 bits per heavy atom. The Hall–Kier alpha value is -2.30. The molecule has 1 N–H and O–H groups in total. The topological polar surface area (TPSA) is 45.5 Å². The Morgan fingerprint density at radius 2 is 2.05 bits per heavy atom. The molecule has 5 heteroatoms. The quantitative estimate of drug-likeness (QED) is 0.907. The van der Waals surface area contributed by atoms with E-state index in [9.17, 15) is 9.18 Å². The van der Waals surface area contributed by atoms with Gasteiger partial charge in [0.2, 0.25) is 0 Å². The molecule has 2 amide bonds. The first kappa shape index (κ1) is 12.7. The Kier molecular flexibility index (Phi) is 3.41. The highest BCUT2D eigenvalue weighted by Gasteiger charge is 2.19. The van der Waals surface area contributed by atoms with Crippen LogP contribution in [0, 0.1) is 5.82 Å². The van der Waals surface area contributed by atoms with Gasteiger partial charge in [0, 0.05) is 18.7 Å². The van der Waals surface area contributed by atoms with Gasteiger partial charge in [0.25, 0.3) is 0 Å². The van der Waals surface area contributed by atoms with E-state index >= 15 is 0 Å². The minimum Gasteiger partial charge on any atom is -0.464 e. The van der Waals surface area contributed by atoms with E-state index in [4.69, 9.17) is 4.42 Å². The molecule has 4 nitrogen and oxygen atoms in total. The fraction of sp³-hybridized carbons (Fsp3) is 0.267. The van der Waals surface area contributed by atoms with Crippen molar-refractivity contribution in [2.45, 2.75) is 12.8 Å². The lowest BCUT2D eigenvalue weighted by Crippen LogP contribution is -2.32. The number of nitrogens with one attached hydrogen (secondary N) is 1. The third-order valence-electron chi connectivity index (χ3n) is 3.41. The zero-order valence-electron chi connectivity index (χ0n) is 10.9. The average molecular weight is 274 g/mol. The van der Waals surface area contributed by atoms with E-state index in [-0.39, 0.29) is 11.7 Å². The Balaban J connectivity index is 1.81. The van der Waals surface area contributed by atoms with Crippen molar-refractivity contribution >= 4 is 11.7 Å². The summed E-state index contributed by atoms with van der Waals surface area (Å²) in [5.74, 6) is 0.189. The van der Waals surface area contributed by atoms with Crippen LogP contribution in [-0.2, 0) is 0 Å². The normalized spacial score (nSPS) is 14.6. The fourth-order valence-electron chi connectivity index (χ4n) is 2.33. The number of rotatable bonds is 2. The number of benzene rings is 1. The second-order valence-electron chi connectivity index (χ2n) is 4.80. The molecule has 3 rings (SSSR count). The minimum atomic E-state index is -0.451. The van der Waals surface area contributed by atoms with Gasteiger partial charge in [0.05, 0.1) is 12.0 Å². The summed E-state index contributed by atoms with van der Waals surface area (Å²) in [6.45, 7) is 1.46. The predicted molar refractivity (Wildman–Crippen MR) is 73.9 cm³/mol. The molecule has 20 heavy (non-hydrogen) atoms. The fourth-order valence-corrected chi connectivity index (χ4v) is 2.33. The molecule has 104 valence electrons. The zero-order valence-corrected chi connectivity index (χ0v) is 10.9. The summed E-state index contributed by atoms with van der Waals surface area (Å²) in [4.78, 5) is 13.7. The molecule has 2 aromatic rings. The van der Waals surface area contributed by atoms with E-state index in [0.29, 0.717) is 5.76 Å². The van der Waals surface area contributed by atoms with Crippen LogP contribution < -0.4 is 5.32 Å². The van der Waals surface area contributed by atoms with Crippen molar-refractivity contribution in [3.63, 3.8) is 0 Å². The van der Waals surface area contributed by atoms with Crippen molar-refractivity contribution in [3.05, 3.63) is 42.4 Å². The van der Waals surface area contributed by atoms with E-state index < -0.39 is 5.82 Å². The molecule has 0 unspecified atom stereocenters. The lowest BCUT2D eigenvalue weighted by Gasteiger charge is -2.16. The first-order chi connectivity index (χ1) is 9.74. The monoisotopic (exact) mass is 274 g/mol. The van der Waals surface area contributed by atoms with Crippen molar-refractivity contribution in [2.24, 2.45) is 0 Å². The number of hydrogen-bond acceptors (Lipinski definition) is 2. The van der Waals surface area contributed by atoms with Crippen molar-refractivity contribution in [1.29, 1.82) is 0 Å². The largest absolute Gasteiger partial charge is 0.464 e. The van der Waals surface area contributed by atoms with Crippen LogP contribution in [0.1, 0.15) is 12.8 Å². The van der Waals surface area contributed by atoms with Gasteiger partial charge in [0.15, 0.2) is 0 Å². The van der Waals surface area contributed by atoms with E-state index in [1.165, 1.54) is 6.07 Å². The smallest absolute Gasteiger partial charge is 0.321 e. The predicted octanol–water partition coefficient (Wildman–Crippen LogP) is 3.71. The lowest BCUT2D eigenvalue weighted by molar-refractivity contribution is 0.222. The second kappa shape index (κ2) is 5.36. The molecular weight excluding hydrogens is 259 g/mol. The second-order valence-corrected chi connectivity index (χ2v) is 4.80. The maximum Gasteiger partial charge on any atom is 0.321 e. The van der Waals surface area contributed by atoms with Gasteiger partial charge in [0.1, 0.15) is 11.6 Å². The summed E-state index contributed by atoms with van der Waals surface area (Å²) in [7, 11) is 0. The van der Waals surface area contributed by atoms with Crippen LogP contribution in [0.3, 0.4) is 0 Å². The van der Waals surface area contributed by atoms with Gasteiger partial charge in [-0.15, -0.1) is 0 Å². The van der Waals surface area contributed by atoms with Crippen LogP contribution >= 0.6 is 0 Å². The lowest BCUT2D eigenvalue weighted by atomic mass is 10.1. The van der Waals surface area contributed by atoms with Crippen molar-refractivity contribution in [3.8, 4) is 11.3 Å². The number of halogens is 1. The molecule has 0 radical (unpaired) electrons. The Labute approximate surface area is 116 Å². The average Bonchev–Trinajstić information content (AvgIpc) is 3.14. The third-order valence-corrected chi connectivity index (χ3v) is 3.41. The van der Waals surface area contributed by atoms with Crippen LogP contribution in [0.5, 0.6) is 0 Å². The van der Waals surface area contributed by atoms with Crippen molar-refractivity contribution < 1.29 is 13.6 Å². The van der Waals surface area contributed by atoms with E-state index in [1.807, 2.05) is 0 Å². The summed E-state index contributed by atoms with van der Waals surface area (Å²) in [5, 5.41) is 2.62. The molecular formula is C15H15FN2O2. The highest BCUT2D eigenvalue weighted by atomic mass is 19.1. The first-order valence-corrected chi connectivity index (χ1v) is 6.63. The summed E-state index contributed by atoms with van der Waals surface area (Å²) < 4.78 is 19.1. The number of carbonyl (C=O) groups excluding carboxylic acids is 1. The van der Waals surface area contributed by atoms with Crippen LogP contribution in [0.15, 0.2) is 41.0 Å². The molecule has 1 aliphatic heterocycles. The van der Waals surface area contributed by atoms with Crippen LogP contribution in [0.4, 0.5) is 14.9 Å². The molecule has 1 saturated heterocycles. The van der Waals surface area contributed by atoms with Crippen LogP contribution in [0.25, 0.3) is 11.3 Å². The molecule has 2 heterocycles. The minimum absolute atomic E-state index is 0.177. The highest BCUT2D eigenvalue weighted by molar-refractivity contribution is 5.90. The number of amides is 2. The maximum absolute atomic E-state index is 13.8. The highest BCUT2D eigenvalue weighted by Crippen LogP contribution is 2.25. The van der Waals surface area contributed by atoms with Gasteiger partial charge < -0.3 is 14.6 Å². The zero-order chi connectivity index (χ0) is 13.9. The summed E-state index contributed by atoms with van der Waals surface area (Å²) in [6.07, 6.45) is 3.56. The van der Waals surface area contributed by atoms with E-state index in [0.717, 1.165) is 31.5 Å². The van der Waals surface area contributed by atoms with Gasteiger partial charge in [-0.05, 0) is 43.2 Å². The van der Waals surface area contributed by atoms with Crippen molar-refractivity contribution in [1.82, 2.24) is 4.90 Å². The molecule has 1 aromatic heterocycles. The molecule has 0 saturated carbocycles. The van der Waals surface area contributed by atoms with Gasteiger partial charge in [-0.2, -0.15) is 0 Å². The summed E-state index contributed by atoms with van der Waals surface area (Å²) >= 11 is 0. The molecule has 1 aliphatic rings. The third kappa shape index (κ3) is 2.52. The number of furan rings is 1. The van der Waals surface area contributed by atoms with E-state index in [2.05, 4.69) is 5.32 Å². The number of likely N-dealkylation sites (tertiary alicyclic amines) is 1. The van der Waals surface area contributed by atoms with Gasteiger partial charge in [-0.25, -0.2) is 9.18 Å². The van der Waals surface area contributed by atoms with Gasteiger partial charge >= 0.3 is 6.03 Å². The molecule has 1 aromatic carbocycles. The number of hydrogen-bond donors (Lipinski definition) is 1. The number of urea groups is 1. The Morgan fingerprint density at radius 3 is 2.75 bits per heavy atom. The number of carbonyl (C=O) groups is 1. The van der Waals surface area contributed by atoms with E-state index in [1.54, 1.807) is 35.4 Å². The summed E-state index contributed by atoms with van der Waals surface area (Å²) in [5.41, 5.74) is 0.906. The van der Waals surface area contributed by atoms with Crippen molar-refractivity contribution in [2.75, 3.05) is 18.4 Å². The standard InChI is InChI=1S/C15H15FN2O2/c16-12-6-5-11(14-4-3-9-20-14)10-13(12)17-15(19)18-7-1-2-8-18/h3-6,9-10H,1-2,7-8H2,(H,17,19). The Bertz CT molecular complexity index is 604. The number of nitrogens with zero attached hydrogens (tertiary/aromatic N) is 1. The molecule has 0 bridgehead atoms. The van der Waals surface area contributed by atoms with Gasteiger partial charge in [-0.1, -0.05) is 0 Å². The number of anilines is 1. The summed E-state index contributed by atoms with van der Waals surface area (Å²) in [6, 6.07) is 7.85. The van der Waals surface area contributed by atoms with Crippen LogP contribution in [0.2, 0.25) is 0 Å².